The molecular weight excluding hydrogens is 473 g/mol. The third-order valence-electron chi connectivity index (χ3n) is 6.65. The summed E-state index contributed by atoms with van der Waals surface area (Å²) in [6.45, 7) is 8.80. The van der Waals surface area contributed by atoms with Crippen molar-refractivity contribution in [2.45, 2.75) is 40.2 Å². The Morgan fingerprint density at radius 3 is 2.46 bits per heavy atom. The minimum absolute atomic E-state index is 0.0448. The second-order valence-corrected chi connectivity index (χ2v) is 9.15. The molecule has 0 bridgehead atoms. The van der Waals surface area contributed by atoms with Gasteiger partial charge in [0.25, 0.3) is 5.91 Å². The summed E-state index contributed by atoms with van der Waals surface area (Å²) in [6.07, 6.45) is 0.836. The van der Waals surface area contributed by atoms with Crippen LogP contribution < -0.4 is 19.8 Å². The SMILES string of the molecule is CCCOc1ccc(C2c3c(oc4ccc(F)cc4c3=O)C(=O)N2c2ccc(C)c(C)c2)cc1OCC. The van der Waals surface area contributed by atoms with Crippen molar-refractivity contribution in [1.82, 2.24) is 0 Å². The summed E-state index contributed by atoms with van der Waals surface area (Å²) in [4.78, 5) is 29.1. The summed E-state index contributed by atoms with van der Waals surface area (Å²) < 4.78 is 31.8. The molecule has 6 nitrogen and oxygen atoms in total. The van der Waals surface area contributed by atoms with Crippen molar-refractivity contribution in [2.24, 2.45) is 0 Å². The van der Waals surface area contributed by atoms with Crippen molar-refractivity contribution in [1.29, 1.82) is 0 Å². The van der Waals surface area contributed by atoms with E-state index in [2.05, 4.69) is 0 Å². The molecule has 0 spiro atoms. The van der Waals surface area contributed by atoms with Crippen molar-refractivity contribution in [2.75, 3.05) is 18.1 Å². The molecule has 0 N–H and O–H groups in total. The molecule has 0 saturated heterocycles. The molecule has 1 aromatic heterocycles. The Balaban J connectivity index is 1.76. The number of amides is 1. The standard InChI is InChI=1S/C30H28FNO5/c1-5-13-36-24-11-8-19(15-25(24)35-6-2)27-26-28(33)22-16-20(31)9-12-23(22)37-29(26)30(34)32(27)21-10-7-17(3)18(4)14-21/h7-12,14-16,27H,5-6,13H2,1-4H3. The average Bonchev–Trinajstić information content (AvgIpc) is 3.18. The second kappa shape index (κ2) is 9.73. The van der Waals surface area contributed by atoms with Crippen LogP contribution in [0.15, 0.2) is 63.8 Å². The first kappa shape index (κ1) is 24.6. The van der Waals surface area contributed by atoms with Gasteiger partial charge in [-0.2, -0.15) is 0 Å². The molecule has 1 unspecified atom stereocenters. The molecule has 2 heterocycles. The second-order valence-electron chi connectivity index (χ2n) is 9.15. The minimum Gasteiger partial charge on any atom is -0.490 e. The minimum atomic E-state index is -0.798. The van der Waals surface area contributed by atoms with E-state index >= 15 is 0 Å². The zero-order valence-electron chi connectivity index (χ0n) is 21.3. The fraction of sp³-hybridized carbons (Fsp3) is 0.267. The normalized spacial score (nSPS) is 14.8. The van der Waals surface area contributed by atoms with Crippen molar-refractivity contribution >= 4 is 22.6 Å². The van der Waals surface area contributed by atoms with Gasteiger partial charge in [-0.05, 0) is 86.3 Å². The van der Waals surface area contributed by atoms with Crippen LogP contribution in [0.25, 0.3) is 11.0 Å². The fourth-order valence-electron chi connectivity index (χ4n) is 4.70. The van der Waals surface area contributed by atoms with E-state index < -0.39 is 23.2 Å². The van der Waals surface area contributed by atoms with Gasteiger partial charge in [0.1, 0.15) is 11.4 Å². The number of anilines is 1. The average molecular weight is 502 g/mol. The number of rotatable bonds is 7. The Hall–Kier alpha value is -4.13. The Bertz CT molecular complexity index is 1570. The van der Waals surface area contributed by atoms with Gasteiger partial charge in [0, 0.05) is 5.69 Å². The number of benzene rings is 3. The van der Waals surface area contributed by atoms with Gasteiger partial charge < -0.3 is 13.9 Å². The highest BCUT2D eigenvalue weighted by Crippen LogP contribution is 2.43. The summed E-state index contributed by atoms with van der Waals surface area (Å²) in [5, 5.41) is 0.0893. The van der Waals surface area contributed by atoms with Gasteiger partial charge in [0.05, 0.1) is 30.2 Å². The zero-order valence-corrected chi connectivity index (χ0v) is 21.3. The molecule has 0 fully saturated rings. The molecule has 0 aliphatic carbocycles. The van der Waals surface area contributed by atoms with E-state index in [4.69, 9.17) is 13.9 Å². The van der Waals surface area contributed by atoms with Crippen LogP contribution in [0.4, 0.5) is 10.1 Å². The summed E-state index contributed by atoms with van der Waals surface area (Å²) in [6, 6.07) is 14.0. The van der Waals surface area contributed by atoms with E-state index in [1.807, 2.05) is 52.0 Å². The molecule has 190 valence electrons. The number of aryl methyl sites for hydroxylation is 2. The summed E-state index contributed by atoms with van der Waals surface area (Å²) >= 11 is 0. The number of ether oxygens (including phenoxy) is 2. The number of fused-ring (bicyclic) bond motifs is 2. The molecule has 1 atom stereocenters. The highest BCUT2D eigenvalue weighted by Gasteiger charge is 2.44. The van der Waals surface area contributed by atoms with Crippen molar-refractivity contribution in [3.63, 3.8) is 0 Å². The summed E-state index contributed by atoms with van der Waals surface area (Å²) in [5.41, 5.74) is 3.26. The third-order valence-corrected chi connectivity index (χ3v) is 6.65. The topological polar surface area (TPSA) is 69.0 Å². The van der Waals surface area contributed by atoms with Gasteiger partial charge in [-0.3, -0.25) is 14.5 Å². The van der Waals surface area contributed by atoms with Crippen molar-refractivity contribution in [3.8, 4) is 11.5 Å². The lowest BCUT2D eigenvalue weighted by molar-refractivity contribution is 0.0971. The zero-order chi connectivity index (χ0) is 26.3. The van der Waals surface area contributed by atoms with Gasteiger partial charge in [0.15, 0.2) is 16.9 Å². The molecule has 1 aliphatic rings. The fourth-order valence-corrected chi connectivity index (χ4v) is 4.70. The molecule has 7 heteroatoms. The van der Waals surface area contributed by atoms with Crippen LogP contribution in [-0.4, -0.2) is 19.1 Å². The molecule has 5 rings (SSSR count). The van der Waals surface area contributed by atoms with E-state index in [0.29, 0.717) is 36.0 Å². The first-order chi connectivity index (χ1) is 17.8. The molecular formula is C30H28FNO5. The van der Waals surface area contributed by atoms with E-state index in [1.165, 1.54) is 12.1 Å². The van der Waals surface area contributed by atoms with Crippen LogP contribution in [0, 0.1) is 19.7 Å². The number of nitrogens with zero attached hydrogens (tertiary/aromatic N) is 1. The van der Waals surface area contributed by atoms with Gasteiger partial charge in [-0.15, -0.1) is 0 Å². The monoisotopic (exact) mass is 501 g/mol. The highest BCUT2D eigenvalue weighted by atomic mass is 19.1. The quantitative estimate of drug-likeness (QED) is 0.290. The third kappa shape index (κ3) is 4.24. The number of halogens is 1. The largest absolute Gasteiger partial charge is 0.490 e. The van der Waals surface area contributed by atoms with E-state index in [9.17, 15) is 14.0 Å². The van der Waals surface area contributed by atoms with Crippen LogP contribution in [-0.2, 0) is 0 Å². The Labute approximate surface area is 214 Å². The number of hydrogen-bond acceptors (Lipinski definition) is 5. The van der Waals surface area contributed by atoms with Crippen molar-refractivity contribution in [3.05, 3.63) is 98.7 Å². The maximum Gasteiger partial charge on any atom is 0.295 e. The van der Waals surface area contributed by atoms with Gasteiger partial charge in [-0.25, -0.2) is 4.39 Å². The molecule has 4 aromatic rings. The van der Waals surface area contributed by atoms with Gasteiger partial charge >= 0.3 is 0 Å². The van der Waals surface area contributed by atoms with Crippen LogP contribution in [0.2, 0.25) is 0 Å². The lowest BCUT2D eigenvalue weighted by atomic mass is 9.97. The maximum atomic E-state index is 14.1. The van der Waals surface area contributed by atoms with Crippen LogP contribution in [0.3, 0.4) is 0 Å². The van der Waals surface area contributed by atoms with Crippen LogP contribution >= 0.6 is 0 Å². The molecule has 0 saturated carbocycles. The molecule has 3 aromatic carbocycles. The lowest BCUT2D eigenvalue weighted by Crippen LogP contribution is -2.29. The van der Waals surface area contributed by atoms with Crippen molar-refractivity contribution < 1.29 is 23.1 Å². The lowest BCUT2D eigenvalue weighted by Gasteiger charge is -2.26. The van der Waals surface area contributed by atoms with Gasteiger partial charge in [-0.1, -0.05) is 19.1 Å². The molecule has 1 aliphatic heterocycles. The summed E-state index contributed by atoms with van der Waals surface area (Å²) in [7, 11) is 0. The van der Waals surface area contributed by atoms with Crippen LogP contribution in [0.5, 0.6) is 11.5 Å². The molecule has 37 heavy (non-hydrogen) atoms. The predicted octanol–water partition coefficient (Wildman–Crippen LogP) is 6.49. The number of carbonyl (C=O) groups excluding carboxylic acids is 1. The molecule has 1 amide bonds. The van der Waals surface area contributed by atoms with Crippen LogP contribution in [0.1, 0.15) is 59.1 Å². The smallest absolute Gasteiger partial charge is 0.295 e. The van der Waals surface area contributed by atoms with E-state index in [0.717, 1.165) is 23.6 Å². The highest BCUT2D eigenvalue weighted by molar-refractivity contribution is 6.10. The molecule has 0 radical (unpaired) electrons. The Kier molecular flexibility index (Phi) is 6.46. The first-order valence-electron chi connectivity index (χ1n) is 12.4. The first-order valence-corrected chi connectivity index (χ1v) is 12.4. The van der Waals surface area contributed by atoms with E-state index in [1.54, 1.807) is 17.0 Å². The Morgan fingerprint density at radius 1 is 0.919 bits per heavy atom. The van der Waals surface area contributed by atoms with Gasteiger partial charge in [0.2, 0.25) is 5.76 Å². The summed E-state index contributed by atoms with van der Waals surface area (Å²) in [5.74, 6) is 0.0723. The van der Waals surface area contributed by atoms with E-state index in [-0.39, 0.29) is 22.3 Å². The number of hydrogen-bond donors (Lipinski definition) is 0. The Morgan fingerprint density at radius 2 is 1.73 bits per heavy atom. The predicted molar refractivity (Wildman–Crippen MR) is 140 cm³/mol. The number of carbonyl (C=O) groups is 1. The maximum absolute atomic E-state index is 14.1.